The first-order chi connectivity index (χ1) is 12.2. The third-order valence-corrected chi connectivity index (χ3v) is 3.86. The van der Waals surface area contributed by atoms with E-state index in [0.29, 0.717) is 27.8 Å². The van der Waals surface area contributed by atoms with Crippen molar-refractivity contribution in [3.63, 3.8) is 0 Å². The molecule has 25 heavy (non-hydrogen) atoms. The maximum atomic E-state index is 12.7. The molecule has 6 heteroatoms. The standard InChI is InChI=1S/C19H16ClN3O2/c1-25-17-11-5-4-10-16(17)22-18-13(7-6-12-21-18)19(24)23-15-9-3-2-8-14(15)20/h2-12H,1H3,(H,21,22)(H,23,24). The lowest BCUT2D eigenvalue weighted by atomic mass is 10.2. The Bertz CT molecular complexity index is 899. The largest absolute Gasteiger partial charge is 0.495 e. The first-order valence-corrected chi connectivity index (χ1v) is 7.98. The number of hydrogen-bond donors (Lipinski definition) is 2. The van der Waals surface area contributed by atoms with Crippen LogP contribution in [0.1, 0.15) is 10.4 Å². The Balaban J connectivity index is 1.88. The average Bonchev–Trinajstić information content (AvgIpc) is 2.64. The number of pyridine rings is 1. The number of carbonyl (C=O) groups excluding carboxylic acids is 1. The van der Waals surface area contributed by atoms with Crippen molar-refractivity contribution in [2.24, 2.45) is 0 Å². The molecule has 0 bridgehead atoms. The molecule has 0 fully saturated rings. The van der Waals surface area contributed by atoms with Crippen LogP contribution in [0.4, 0.5) is 17.2 Å². The molecule has 0 aliphatic rings. The fourth-order valence-electron chi connectivity index (χ4n) is 2.32. The number of nitrogens with one attached hydrogen (secondary N) is 2. The molecule has 1 heterocycles. The van der Waals surface area contributed by atoms with Crippen LogP contribution in [0.3, 0.4) is 0 Å². The van der Waals surface area contributed by atoms with Gasteiger partial charge in [-0.25, -0.2) is 4.98 Å². The summed E-state index contributed by atoms with van der Waals surface area (Å²) >= 11 is 6.10. The summed E-state index contributed by atoms with van der Waals surface area (Å²) in [5, 5.41) is 6.41. The second kappa shape index (κ2) is 7.68. The summed E-state index contributed by atoms with van der Waals surface area (Å²) in [6.07, 6.45) is 1.62. The van der Waals surface area contributed by atoms with Crippen molar-refractivity contribution in [2.75, 3.05) is 17.7 Å². The van der Waals surface area contributed by atoms with Gasteiger partial charge < -0.3 is 15.4 Å². The molecule has 0 spiro atoms. The van der Waals surface area contributed by atoms with Crippen LogP contribution in [0, 0.1) is 0 Å². The summed E-state index contributed by atoms with van der Waals surface area (Å²) in [5.74, 6) is 0.778. The van der Waals surface area contributed by atoms with Crippen LogP contribution in [0.15, 0.2) is 66.9 Å². The third-order valence-electron chi connectivity index (χ3n) is 3.53. The van der Waals surface area contributed by atoms with Crippen molar-refractivity contribution in [1.29, 1.82) is 0 Å². The maximum absolute atomic E-state index is 12.7. The number of hydrogen-bond acceptors (Lipinski definition) is 4. The van der Waals surface area contributed by atoms with Crippen LogP contribution in [0.5, 0.6) is 5.75 Å². The van der Waals surface area contributed by atoms with E-state index in [2.05, 4.69) is 15.6 Å². The van der Waals surface area contributed by atoms with E-state index in [9.17, 15) is 4.79 Å². The van der Waals surface area contributed by atoms with Crippen molar-refractivity contribution in [3.8, 4) is 5.75 Å². The van der Waals surface area contributed by atoms with E-state index in [-0.39, 0.29) is 5.91 Å². The van der Waals surface area contributed by atoms with Gasteiger partial charge in [-0.3, -0.25) is 4.79 Å². The molecule has 0 radical (unpaired) electrons. The lowest BCUT2D eigenvalue weighted by molar-refractivity contribution is 0.102. The number of nitrogens with zero attached hydrogens (tertiary/aromatic N) is 1. The summed E-state index contributed by atoms with van der Waals surface area (Å²) in [6, 6.07) is 17.9. The molecule has 0 aliphatic heterocycles. The highest BCUT2D eigenvalue weighted by Crippen LogP contribution is 2.28. The molecule has 0 saturated heterocycles. The van der Waals surface area contributed by atoms with Crippen molar-refractivity contribution < 1.29 is 9.53 Å². The number of amides is 1. The molecule has 2 N–H and O–H groups in total. The Morgan fingerprint density at radius 3 is 2.48 bits per heavy atom. The summed E-state index contributed by atoms with van der Waals surface area (Å²) in [5.41, 5.74) is 1.66. The molecule has 0 aliphatic carbocycles. The van der Waals surface area contributed by atoms with E-state index in [4.69, 9.17) is 16.3 Å². The fourth-order valence-corrected chi connectivity index (χ4v) is 2.50. The quantitative estimate of drug-likeness (QED) is 0.695. The van der Waals surface area contributed by atoms with Gasteiger partial charge in [-0.15, -0.1) is 0 Å². The molecule has 1 amide bonds. The minimum absolute atomic E-state index is 0.307. The van der Waals surface area contributed by atoms with Gasteiger partial charge in [0.05, 0.1) is 29.1 Å². The molecule has 1 aromatic heterocycles. The Labute approximate surface area is 150 Å². The van der Waals surface area contributed by atoms with Gasteiger partial charge in [0.2, 0.25) is 0 Å². The van der Waals surface area contributed by atoms with Crippen LogP contribution in [0.25, 0.3) is 0 Å². The molecule has 3 aromatic rings. The lowest BCUT2D eigenvalue weighted by Gasteiger charge is -2.13. The molecule has 5 nitrogen and oxygen atoms in total. The van der Waals surface area contributed by atoms with Gasteiger partial charge in [0.1, 0.15) is 11.6 Å². The number of carbonyl (C=O) groups is 1. The van der Waals surface area contributed by atoms with E-state index in [1.807, 2.05) is 24.3 Å². The van der Waals surface area contributed by atoms with Crippen LogP contribution < -0.4 is 15.4 Å². The zero-order valence-electron chi connectivity index (χ0n) is 13.5. The molecule has 0 unspecified atom stereocenters. The zero-order chi connectivity index (χ0) is 17.6. The van der Waals surface area contributed by atoms with Gasteiger partial charge in [-0.1, -0.05) is 35.9 Å². The van der Waals surface area contributed by atoms with Crippen molar-refractivity contribution >= 4 is 34.7 Å². The number of anilines is 3. The van der Waals surface area contributed by atoms with Crippen LogP contribution in [0.2, 0.25) is 5.02 Å². The summed E-state index contributed by atoms with van der Waals surface area (Å²) < 4.78 is 5.32. The van der Waals surface area contributed by atoms with Crippen LogP contribution in [-0.2, 0) is 0 Å². The van der Waals surface area contributed by atoms with E-state index < -0.39 is 0 Å². The number of aromatic nitrogens is 1. The normalized spacial score (nSPS) is 10.2. The average molecular weight is 354 g/mol. The highest BCUT2D eigenvalue weighted by molar-refractivity contribution is 6.34. The number of methoxy groups -OCH3 is 1. The summed E-state index contributed by atoms with van der Waals surface area (Å²) in [6.45, 7) is 0. The van der Waals surface area contributed by atoms with Gasteiger partial charge in [0, 0.05) is 6.20 Å². The number of para-hydroxylation sites is 3. The first kappa shape index (κ1) is 16.8. The van der Waals surface area contributed by atoms with Crippen LogP contribution >= 0.6 is 11.6 Å². The SMILES string of the molecule is COc1ccccc1Nc1ncccc1C(=O)Nc1ccccc1Cl. The number of rotatable bonds is 5. The monoisotopic (exact) mass is 353 g/mol. The number of ether oxygens (including phenoxy) is 1. The predicted molar refractivity (Wildman–Crippen MR) is 99.9 cm³/mol. The van der Waals surface area contributed by atoms with Gasteiger partial charge in [0.15, 0.2) is 0 Å². The summed E-state index contributed by atoms with van der Waals surface area (Å²) in [4.78, 5) is 16.9. The highest BCUT2D eigenvalue weighted by Gasteiger charge is 2.15. The van der Waals surface area contributed by atoms with Gasteiger partial charge in [-0.2, -0.15) is 0 Å². The molecule has 2 aromatic carbocycles. The van der Waals surface area contributed by atoms with Gasteiger partial charge >= 0.3 is 0 Å². The summed E-state index contributed by atoms with van der Waals surface area (Å²) in [7, 11) is 1.59. The third kappa shape index (κ3) is 3.89. The molecule has 3 rings (SSSR count). The van der Waals surface area contributed by atoms with Crippen LogP contribution in [-0.4, -0.2) is 18.0 Å². The lowest BCUT2D eigenvalue weighted by Crippen LogP contribution is -2.15. The Kier molecular flexibility index (Phi) is 5.16. The smallest absolute Gasteiger partial charge is 0.259 e. The Morgan fingerprint density at radius 2 is 1.72 bits per heavy atom. The minimum Gasteiger partial charge on any atom is -0.495 e. The Morgan fingerprint density at radius 1 is 1.00 bits per heavy atom. The van der Waals surface area contributed by atoms with Crippen molar-refractivity contribution in [1.82, 2.24) is 4.98 Å². The van der Waals surface area contributed by atoms with Crippen molar-refractivity contribution in [3.05, 3.63) is 77.4 Å². The van der Waals surface area contributed by atoms with Crippen molar-refractivity contribution in [2.45, 2.75) is 0 Å². The van der Waals surface area contributed by atoms with E-state index in [1.54, 1.807) is 49.7 Å². The molecule has 126 valence electrons. The number of halogens is 1. The molecular formula is C19H16ClN3O2. The molecule has 0 atom stereocenters. The van der Waals surface area contributed by atoms with Gasteiger partial charge in [-0.05, 0) is 36.4 Å². The molecular weight excluding hydrogens is 338 g/mol. The predicted octanol–water partition coefficient (Wildman–Crippen LogP) is 4.74. The zero-order valence-corrected chi connectivity index (χ0v) is 14.2. The topological polar surface area (TPSA) is 63.2 Å². The second-order valence-electron chi connectivity index (χ2n) is 5.16. The van der Waals surface area contributed by atoms with Gasteiger partial charge in [0.25, 0.3) is 5.91 Å². The van der Waals surface area contributed by atoms with E-state index >= 15 is 0 Å². The number of benzene rings is 2. The Hall–Kier alpha value is -3.05. The van der Waals surface area contributed by atoms with E-state index in [0.717, 1.165) is 5.69 Å². The fraction of sp³-hybridized carbons (Fsp3) is 0.0526. The second-order valence-corrected chi connectivity index (χ2v) is 5.57. The highest BCUT2D eigenvalue weighted by atomic mass is 35.5. The first-order valence-electron chi connectivity index (χ1n) is 7.60. The minimum atomic E-state index is -0.307. The molecule has 0 saturated carbocycles. The maximum Gasteiger partial charge on any atom is 0.259 e. The van der Waals surface area contributed by atoms with E-state index in [1.165, 1.54) is 0 Å².